The molecule has 1 unspecified atom stereocenters. The molecule has 0 heterocycles. The van der Waals surface area contributed by atoms with E-state index in [4.69, 9.17) is 4.52 Å². The van der Waals surface area contributed by atoms with Gasteiger partial charge < -0.3 is 9.26 Å². The molecule has 0 radical (unpaired) electrons. The Labute approximate surface area is 108 Å². The highest BCUT2D eigenvalue weighted by Crippen LogP contribution is 2.47. The molecule has 0 spiro atoms. The third-order valence-corrected chi connectivity index (χ3v) is 5.03. The van der Waals surface area contributed by atoms with Crippen molar-refractivity contribution >= 4 is 18.6 Å². The molecule has 0 bridgehead atoms. The van der Waals surface area contributed by atoms with Crippen LogP contribution in [0.2, 0.25) is 0 Å². The average Bonchev–Trinajstić information content (AvgIpc) is 2.36. The fourth-order valence-corrected chi connectivity index (χ4v) is 3.85. The summed E-state index contributed by atoms with van der Waals surface area (Å²) in [6, 6.07) is 9.00. The van der Waals surface area contributed by atoms with Gasteiger partial charge in [0.2, 0.25) is 7.37 Å². The standard InChI is InChI=1S/C13H19O4P/c1-11(2)17-18(15,10-9-13(14)16-3)12-7-5-4-6-8-12/h4-8,11H,9-10H2,1-3H3. The number of ether oxygens (including phenoxy) is 1. The fourth-order valence-electron chi connectivity index (χ4n) is 1.58. The van der Waals surface area contributed by atoms with Gasteiger partial charge in [-0.15, -0.1) is 0 Å². The molecule has 0 aromatic heterocycles. The van der Waals surface area contributed by atoms with E-state index in [-0.39, 0.29) is 24.7 Å². The van der Waals surface area contributed by atoms with Gasteiger partial charge in [0, 0.05) is 11.5 Å². The van der Waals surface area contributed by atoms with Gasteiger partial charge >= 0.3 is 5.97 Å². The summed E-state index contributed by atoms with van der Waals surface area (Å²) in [7, 11) is -1.68. The van der Waals surface area contributed by atoms with Crippen molar-refractivity contribution in [2.75, 3.05) is 13.3 Å². The topological polar surface area (TPSA) is 52.6 Å². The zero-order chi connectivity index (χ0) is 13.6. The number of benzene rings is 1. The van der Waals surface area contributed by atoms with Crippen LogP contribution in [0.25, 0.3) is 0 Å². The first kappa shape index (κ1) is 14.9. The molecule has 0 amide bonds. The Balaban J connectivity index is 2.89. The monoisotopic (exact) mass is 270 g/mol. The van der Waals surface area contributed by atoms with Crippen LogP contribution in [-0.4, -0.2) is 25.3 Å². The number of rotatable bonds is 6. The minimum atomic E-state index is -3.00. The lowest BCUT2D eigenvalue weighted by Gasteiger charge is -2.20. The number of methoxy groups -OCH3 is 1. The van der Waals surface area contributed by atoms with Crippen LogP contribution in [0.5, 0.6) is 0 Å². The van der Waals surface area contributed by atoms with Crippen molar-refractivity contribution in [3.05, 3.63) is 30.3 Å². The van der Waals surface area contributed by atoms with E-state index < -0.39 is 7.37 Å². The molecule has 0 saturated carbocycles. The molecule has 1 rings (SSSR count). The van der Waals surface area contributed by atoms with Gasteiger partial charge in [0.15, 0.2) is 0 Å². The van der Waals surface area contributed by atoms with E-state index in [9.17, 15) is 9.36 Å². The summed E-state index contributed by atoms with van der Waals surface area (Å²) in [5.74, 6) is -0.376. The first-order valence-electron chi connectivity index (χ1n) is 5.88. The third kappa shape index (κ3) is 4.28. The van der Waals surface area contributed by atoms with Crippen molar-refractivity contribution in [1.29, 1.82) is 0 Å². The highest BCUT2D eigenvalue weighted by atomic mass is 31.2. The Morgan fingerprint density at radius 1 is 1.28 bits per heavy atom. The second-order valence-corrected chi connectivity index (χ2v) is 6.73. The number of hydrogen-bond donors (Lipinski definition) is 0. The number of carbonyl (C=O) groups is 1. The van der Waals surface area contributed by atoms with E-state index in [1.807, 2.05) is 32.0 Å². The molecule has 0 aliphatic carbocycles. The molecule has 0 N–H and O–H groups in total. The minimum absolute atomic E-state index is 0.0927. The van der Waals surface area contributed by atoms with E-state index in [1.54, 1.807) is 12.1 Å². The highest BCUT2D eigenvalue weighted by molar-refractivity contribution is 7.67. The van der Waals surface area contributed by atoms with E-state index in [2.05, 4.69) is 4.74 Å². The minimum Gasteiger partial charge on any atom is -0.469 e. The Bertz CT molecular complexity index is 428. The van der Waals surface area contributed by atoms with Crippen molar-refractivity contribution in [2.24, 2.45) is 0 Å². The van der Waals surface area contributed by atoms with Gasteiger partial charge in [-0.1, -0.05) is 18.2 Å². The van der Waals surface area contributed by atoms with Gasteiger partial charge in [0.1, 0.15) is 0 Å². The van der Waals surface area contributed by atoms with E-state index in [0.29, 0.717) is 5.30 Å². The lowest BCUT2D eigenvalue weighted by atomic mass is 10.4. The van der Waals surface area contributed by atoms with Crippen LogP contribution < -0.4 is 5.30 Å². The summed E-state index contributed by atoms with van der Waals surface area (Å²) in [5, 5.41) is 0.641. The second-order valence-electron chi connectivity index (χ2n) is 4.21. The van der Waals surface area contributed by atoms with Crippen molar-refractivity contribution in [1.82, 2.24) is 0 Å². The molecule has 0 aliphatic heterocycles. The lowest BCUT2D eigenvalue weighted by Crippen LogP contribution is -2.16. The molecule has 4 nitrogen and oxygen atoms in total. The molecular formula is C13H19O4P. The normalized spacial score (nSPS) is 14.2. The molecule has 5 heteroatoms. The van der Waals surface area contributed by atoms with Gasteiger partial charge in [-0.2, -0.15) is 0 Å². The molecule has 1 atom stereocenters. The summed E-state index contributed by atoms with van der Waals surface area (Å²) < 4.78 is 23.0. The van der Waals surface area contributed by atoms with E-state index >= 15 is 0 Å². The quantitative estimate of drug-likeness (QED) is 0.589. The molecule has 0 aliphatic rings. The number of hydrogen-bond acceptors (Lipinski definition) is 4. The van der Waals surface area contributed by atoms with Gasteiger partial charge in [-0.25, -0.2) is 0 Å². The van der Waals surface area contributed by atoms with Gasteiger partial charge in [0.25, 0.3) is 0 Å². The molecular weight excluding hydrogens is 251 g/mol. The first-order chi connectivity index (χ1) is 8.48. The summed E-state index contributed by atoms with van der Waals surface area (Å²) in [6.07, 6.45) is 0.103. The maximum absolute atomic E-state index is 12.8. The lowest BCUT2D eigenvalue weighted by molar-refractivity contribution is -0.140. The largest absolute Gasteiger partial charge is 0.469 e. The van der Waals surface area contributed by atoms with Crippen LogP contribution in [0.15, 0.2) is 30.3 Å². The molecule has 1 aromatic rings. The van der Waals surface area contributed by atoms with Crippen LogP contribution in [0.1, 0.15) is 20.3 Å². The predicted octanol–water partition coefficient (Wildman–Crippen LogP) is 2.58. The van der Waals surface area contributed by atoms with Gasteiger partial charge in [0.05, 0.1) is 19.6 Å². The van der Waals surface area contributed by atoms with Crippen molar-refractivity contribution in [3.8, 4) is 0 Å². The Hall–Kier alpha value is -1.12. The first-order valence-corrected chi connectivity index (χ1v) is 7.69. The molecule has 0 saturated heterocycles. The summed E-state index contributed by atoms with van der Waals surface area (Å²) in [4.78, 5) is 11.2. The predicted molar refractivity (Wildman–Crippen MR) is 71.4 cm³/mol. The Kier molecular flexibility index (Phi) is 5.57. The Morgan fingerprint density at radius 2 is 1.89 bits per heavy atom. The zero-order valence-corrected chi connectivity index (χ0v) is 11.9. The maximum atomic E-state index is 12.8. The van der Waals surface area contributed by atoms with Gasteiger partial charge in [-0.3, -0.25) is 9.36 Å². The van der Waals surface area contributed by atoms with Crippen LogP contribution in [0.4, 0.5) is 0 Å². The van der Waals surface area contributed by atoms with E-state index in [0.717, 1.165) is 0 Å². The van der Waals surface area contributed by atoms with Crippen LogP contribution in [0.3, 0.4) is 0 Å². The fraction of sp³-hybridized carbons (Fsp3) is 0.462. The molecule has 100 valence electrons. The summed E-state index contributed by atoms with van der Waals surface area (Å²) >= 11 is 0. The Morgan fingerprint density at radius 3 is 2.39 bits per heavy atom. The van der Waals surface area contributed by atoms with Crippen LogP contribution in [0, 0.1) is 0 Å². The number of carbonyl (C=O) groups excluding carboxylic acids is 1. The zero-order valence-electron chi connectivity index (χ0n) is 11.0. The third-order valence-electron chi connectivity index (χ3n) is 2.37. The SMILES string of the molecule is COC(=O)CCP(=O)(OC(C)C)c1ccccc1. The molecule has 0 fully saturated rings. The highest BCUT2D eigenvalue weighted by Gasteiger charge is 2.28. The second kappa shape index (κ2) is 6.72. The van der Waals surface area contributed by atoms with Crippen LogP contribution >= 0.6 is 7.37 Å². The molecule has 18 heavy (non-hydrogen) atoms. The van der Waals surface area contributed by atoms with Crippen molar-refractivity contribution < 1.29 is 18.6 Å². The van der Waals surface area contributed by atoms with E-state index in [1.165, 1.54) is 7.11 Å². The van der Waals surface area contributed by atoms with Gasteiger partial charge in [-0.05, 0) is 26.0 Å². The smallest absolute Gasteiger partial charge is 0.306 e. The van der Waals surface area contributed by atoms with Crippen molar-refractivity contribution in [2.45, 2.75) is 26.4 Å². The average molecular weight is 270 g/mol. The summed E-state index contributed by atoms with van der Waals surface area (Å²) in [5.41, 5.74) is 0. The summed E-state index contributed by atoms with van der Waals surface area (Å²) in [6.45, 7) is 3.65. The van der Waals surface area contributed by atoms with Crippen LogP contribution in [-0.2, 0) is 18.6 Å². The molecule has 1 aromatic carbocycles. The number of esters is 1. The maximum Gasteiger partial charge on any atom is 0.306 e. The van der Waals surface area contributed by atoms with Crippen molar-refractivity contribution in [3.63, 3.8) is 0 Å².